The SMILES string of the molecule is COC(=O)c1ccc(C(=O)Nc2ccc3c4c2CCCC4CCC3)cn1. The number of aryl methyl sites for hydroxylation is 1. The topological polar surface area (TPSA) is 68.3 Å². The van der Waals surface area contributed by atoms with Crippen LogP contribution in [0.1, 0.15) is 69.1 Å². The third kappa shape index (κ3) is 2.98. The van der Waals surface area contributed by atoms with E-state index in [-0.39, 0.29) is 11.6 Å². The number of carbonyl (C=O) groups is 2. The summed E-state index contributed by atoms with van der Waals surface area (Å²) in [6.45, 7) is 0. The van der Waals surface area contributed by atoms with Crippen molar-refractivity contribution >= 4 is 17.6 Å². The van der Waals surface area contributed by atoms with Crippen molar-refractivity contribution in [1.82, 2.24) is 4.98 Å². The molecule has 2 aromatic rings. The van der Waals surface area contributed by atoms with E-state index in [2.05, 4.69) is 21.1 Å². The lowest BCUT2D eigenvalue weighted by atomic mass is 9.73. The summed E-state index contributed by atoms with van der Waals surface area (Å²) in [5.41, 5.74) is 5.78. The molecule has 0 spiro atoms. The highest BCUT2D eigenvalue weighted by Crippen LogP contribution is 2.43. The lowest BCUT2D eigenvalue weighted by Crippen LogP contribution is -2.21. The molecule has 1 N–H and O–H groups in total. The van der Waals surface area contributed by atoms with Gasteiger partial charge in [-0.15, -0.1) is 0 Å². The Balaban J connectivity index is 1.59. The zero-order valence-corrected chi connectivity index (χ0v) is 14.9. The number of methoxy groups -OCH3 is 1. The van der Waals surface area contributed by atoms with Gasteiger partial charge in [-0.2, -0.15) is 0 Å². The molecule has 0 aliphatic heterocycles. The molecule has 5 heteroatoms. The lowest BCUT2D eigenvalue weighted by molar-refractivity contribution is 0.0593. The van der Waals surface area contributed by atoms with Crippen molar-refractivity contribution in [3.8, 4) is 0 Å². The zero-order valence-electron chi connectivity index (χ0n) is 14.9. The molecule has 1 aromatic heterocycles. The summed E-state index contributed by atoms with van der Waals surface area (Å²) in [6, 6.07) is 7.32. The predicted molar refractivity (Wildman–Crippen MR) is 98.6 cm³/mol. The number of nitrogens with one attached hydrogen (secondary N) is 1. The molecule has 1 amide bonds. The number of amides is 1. The maximum absolute atomic E-state index is 12.6. The van der Waals surface area contributed by atoms with Gasteiger partial charge in [-0.1, -0.05) is 6.07 Å². The Morgan fingerprint density at radius 3 is 2.65 bits per heavy atom. The summed E-state index contributed by atoms with van der Waals surface area (Å²) < 4.78 is 4.63. The average molecular weight is 350 g/mol. The zero-order chi connectivity index (χ0) is 18.1. The molecule has 134 valence electrons. The summed E-state index contributed by atoms with van der Waals surface area (Å²) in [5, 5.41) is 3.05. The number of hydrogen-bond donors (Lipinski definition) is 1. The summed E-state index contributed by atoms with van der Waals surface area (Å²) in [7, 11) is 1.31. The molecular weight excluding hydrogens is 328 g/mol. The molecule has 0 bridgehead atoms. The van der Waals surface area contributed by atoms with E-state index >= 15 is 0 Å². The maximum atomic E-state index is 12.6. The van der Waals surface area contributed by atoms with Gasteiger partial charge >= 0.3 is 5.97 Å². The van der Waals surface area contributed by atoms with Crippen LogP contribution in [0.4, 0.5) is 5.69 Å². The molecule has 4 rings (SSSR count). The number of benzene rings is 1. The Morgan fingerprint density at radius 1 is 1.12 bits per heavy atom. The second-order valence-electron chi connectivity index (χ2n) is 7.02. The molecule has 2 aliphatic rings. The molecule has 1 heterocycles. The Labute approximate surface area is 152 Å². The summed E-state index contributed by atoms with van der Waals surface area (Å²) in [5.74, 6) is -0.0643. The minimum absolute atomic E-state index is 0.191. The molecule has 1 aromatic carbocycles. The minimum atomic E-state index is -0.512. The van der Waals surface area contributed by atoms with Crippen LogP contribution in [0.25, 0.3) is 0 Å². The number of anilines is 1. The van der Waals surface area contributed by atoms with Gasteiger partial charge in [-0.05, 0) is 79.3 Å². The average Bonchev–Trinajstić information content (AvgIpc) is 2.70. The molecule has 5 nitrogen and oxygen atoms in total. The molecule has 26 heavy (non-hydrogen) atoms. The summed E-state index contributed by atoms with van der Waals surface area (Å²) >= 11 is 0. The molecule has 2 aliphatic carbocycles. The number of nitrogens with zero attached hydrogens (tertiary/aromatic N) is 1. The summed E-state index contributed by atoms with van der Waals surface area (Å²) in [4.78, 5) is 28.1. The van der Waals surface area contributed by atoms with Gasteiger partial charge in [-0.3, -0.25) is 4.79 Å². The van der Waals surface area contributed by atoms with Gasteiger partial charge in [0.25, 0.3) is 5.91 Å². The maximum Gasteiger partial charge on any atom is 0.356 e. The van der Waals surface area contributed by atoms with Crippen LogP contribution in [0.5, 0.6) is 0 Å². The third-order valence-electron chi connectivity index (χ3n) is 5.50. The highest BCUT2D eigenvalue weighted by atomic mass is 16.5. The number of esters is 1. The van der Waals surface area contributed by atoms with Crippen LogP contribution < -0.4 is 5.32 Å². The Hall–Kier alpha value is -2.69. The molecule has 1 unspecified atom stereocenters. The third-order valence-corrected chi connectivity index (χ3v) is 5.50. The molecular formula is C21H22N2O3. The van der Waals surface area contributed by atoms with Crippen LogP contribution in [-0.4, -0.2) is 24.0 Å². The van der Waals surface area contributed by atoms with Crippen molar-refractivity contribution in [2.24, 2.45) is 0 Å². The number of carbonyl (C=O) groups excluding carboxylic acids is 2. The first kappa shape index (κ1) is 16.8. The van der Waals surface area contributed by atoms with E-state index in [4.69, 9.17) is 0 Å². The molecule has 0 saturated carbocycles. The van der Waals surface area contributed by atoms with Crippen LogP contribution in [-0.2, 0) is 17.6 Å². The van der Waals surface area contributed by atoms with E-state index in [1.54, 1.807) is 6.07 Å². The van der Waals surface area contributed by atoms with Gasteiger partial charge in [0.2, 0.25) is 0 Å². The van der Waals surface area contributed by atoms with E-state index in [0.717, 1.165) is 18.5 Å². The van der Waals surface area contributed by atoms with Crippen molar-refractivity contribution in [3.63, 3.8) is 0 Å². The standard InChI is InChI=1S/C21H22N2O3/c1-26-21(25)18-11-9-15(12-22-18)20(24)23-17-10-8-14-5-2-4-13-6-3-7-16(17)19(13)14/h8-13H,2-7H2,1H3,(H,23,24). The largest absolute Gasteiger partial charge is 0.464 e. The molecule has 0 fully saturated rings. The van der Waals surface area contributed by atoms with Gasteiger partial charge in [0.15, 0.2) is 0 Å². The normalized spacial score (nSPS) is 18.0. The Morgan fingerprint density at radius 2 is 1.92 bits per heavy atom. The first-order valence-electron chi connectivity index (χ1n) is 9.17. The van der Waals surface area contributed by atoms with Crippen molar-refractivity contribution < 1.29 is 14.3 Å². The highest BCUT2D eigenvalue weighted by Gasteiger charge is 2.28. The van der Waals surface area contributed by atoms with Crippen molar-refractivity contribution in [2.75, 3.05) is 12.4 Å². The highest BCUT2D eigenvalue weighted by molar-refractivity contribution is 6.05. The van der Waals surface area contributed by atoms with Gasteiger partial charge in [-0.25, -0.2) is 9.78 Å². The van der Waals surface area contributed by atoms with E-state index in [1.165, 1.54) is 61.7 Å². The fourth-order valence-electron chi connectivity index (χ4n) is 4.27. The van der Waals surface area contributed by atoms with E-state index in [0.29, 0.717) is 11.5 Å². The Kier molecular flexibility index (Phi) is 4.45. The molecule has 1 atom stereocenters. The van der Waals surface area contributed by atoms with Gasteiger partial charge in [0.1, 0.15) is 5.69 Å². The van der Waals surface area contributed by atoms with E-state index in [1.807, 2.05) is 6.07 Å². The predicted octanol–water partition coefficient (Wildman–Crippen LogP) is 3.88. The van der Waals surface area contributed by atoms with Crippen molar-refractivity contribution in [2.45, 2.75) is 44.4 Å². The monoisotopic (exact) mass is 350 g/mol. The number of hydrogen-bond acceptors (Lipinski definition) is 4. The fraction of sp³-hybridized carbons (Fsp3) is 0.381. The van der Waals surface area contributed by atoms with E-state index < -0.39 is 5.97 Å². The first-order valence-corrected chi connectivity index (χ1v) is 9.17. The molecule has 0 radical (unpaired) electrons. The van der Waals surface area contributed by atoms with Gasteiger partial charge in [0.05, 0.1) is 12.7 Å². The van der Waals surface area contributed by atoms with Crippen LogP contribution >= 0.6 is 0 Å². The van der Waals surface area contributed by atoms with Crippen molar-refractivity contribution in [1.29, 1.82) is 0 Å². The quantitative estimate of drug-likeness (QED) is 0.853. The number of rotatable bonds is 3. The fourth-order valence-corrected chi connectivity index (χ4v) is 4.27. The molecule has 0 saturated heterocycles. The minimum Gasteiger partial charge on any atom is -0.464 e. The van der Waals surface area contributed by atoms with Crippen LogP contribution in [0.2, 0.25) is 0 Å². The summed E-state index contributed by atoms with van der Waals surface area (Å²) in [6.07, 6.45) is 8.54. The Bertz CT molecular complexity index is 856. The second-order valence-corrected chi connectivity index (χ2v) is 7.02. The van der Waals surface area contributed by atoms with Gasteiger partial charge < -0.3 is 10.1 Å². The second kappa shape index (κ2) is 6.90. The van der Waals surface area contributed by atoms with Crippen LogP contribution in [0.3, 0.4) is 0 Å². The van der Waals surface area contributed by atoms with Crippen LogP contribution in [0.15, 0.2) is 30.5 Å². The smallest absolute Gasteiger partial charge is 0.356 e. The lowest BCUT2D eigenvalue weighted by Gasteiger charge is -2.33. The van der Waals surface area contributed by atoms with Gasteiger partial charge in [0, 0.05) is 11.9 Å². The first-order chi connectivity index (χ1) is 12.7. The number of pyridine rings is 1. The number of aromatic nitrogens is 1. The van der Waals surface area contributed by atoms with Crippen LogP contribution in [0, 0.1) is 0 Å². The van der Waals surface area contributed by atoms with E-state index in [9.17, 15) is 9.59 Å². The number of ether oxygens (including phenoxy) is 1. The van der Waals surface area contributed by atoms with Crippen molar-refractivity contribution in [3.05, 3.63) is 58.4 Å².